The zero-order valence-corrected chi connectivity index (χ0v) is 16.9. The van der Waals surface area contributed by atoms with E-state index in [9.17, 15) is 19.2 Å². The molecule has 1 aromatic rings. The van der Waals surface area contributed by atoms with Gasteiger partial charge in [0.2, 0.25) is 17.7 Å². The number of carboxylic acid groups (broad SMARTS) is 1. The maximum absolute atomic E-state index is 12.4. The Morgan fingerprint density at radius 1 is 1.03 bits per heavy atom. The third-order valence-corrected chi connectivity index (χ3v) is 4.48. The molecule has 8 heteroatoms. The van der Waals surface area contributed by atoms with E-state index in [2.05, 4.69) is 17.6 Å². The number of rotatable bonds is 14. The highest BCUT2D eigenvalue weighted by atomic mass is 16.4. The van der Waals surface area contributed by atoms with Crippen molar-refractivity contribution in [2.45, 2.75) is 64.3 Å². The number of carbonyl (C=O) groups excluding carboxylic acids is 3. The van der Waals surface area contributed by atoms with Gasteiger partial charge in [0.15, 0.2) is 0 Å². The Labute approximate surface area is 171 Å². The fourth-order valence-electron chi connectivity index (χ4n) is 2.83. The lowest BCUT2D eigenvalue weighted by Crippen LogP contribution is -2.48. The summed E-state index contributed by atoms with van der Waals surface area (Å²) in [7, 11) is 0. The van der Waals surface area contributed by atoms with Crippen molar-refractivity contribution in [2.75, 3.05) is 6.54 Å². The van der Waals surface area contributed by atoms with Gasteiger partial charge >= 0.3 is 5.97 Å². The van der Waals surface area contributed by atoms with Gasteiger partial charge in [-0.05, 0) is 30.5 Å². The summed E-state index contributed by atoms with van der Waals surface area (Å²) in [5.74, 6) is -2.41. The van der Waals surface area contributed by atoms with E-state index in [-0.39, 0.29) is 24.4 Å². The smallest absolute Gasteiger partial charge is 0.335 e. The Morgan fingerprint density at radius 3 is 2.28 bits per heavy atom. The topological polar surface area (TPSA) is 139 Å². The van der Waals surface area contributed by atoms with Crippen LogP contribution in [0.5, 0.6) is 0 Å². The minimum atomic E-state index is -1.000. The first-order valence-electron chi connectivity index (χ1n) is 10.0. The highest BCUT2D eigenvalue weighted by molar-refractivity contribution is 5.91. The fourth-order valence-corrected chi connectivity index (χ4v) is 2.83. The number of nitrogens with two attached hydrogens (primary N) is 1. The van der Waals surface area contributed by atoms with E-state index >= 15 is 0 Å². The molecule has 0 bridgehead atoms. The van der Waals surface area contributed by atoms with E-state index in [1.165, 1.54) is 12.1 Å². The second-order valence-corrected chi connectivity index (χ2v) is 7.00. The predicted molar refractivity (Wildman–Crippen MR) is 109 cm³/mol. The third-order valence-electron chi connectivity index (χ3n) is 4.48. The zero-order valence-electron chi connectivity index (χ0n) is 16.9. The average molecular weight is 405 g/mol. The summed E-state index contributed by atoms with van der Waals surface area (Å²) >= 11 is 0. The largest absolute Gasteiger partial charge is 0.478 e. The lowest BCUT2D eigenvalue weighted by atomic mass is 10.1. The molecule has 1 rings (SSSR count). The van der Waals surface area contributed by atoms with Crippen LogP contribution in [0.4, 0.5) is 0 Å². The molecule has 0 aromatic heterocycles. The van der Waals surface area contributed by atoms with Crippen molar-refractivity contribution in [3.05, 3.63) is 35.4 Å². The maximum Gasteiger partial charge on any atom is 0.335 e. The van der Waals surface area contributed by atoms with E-state index in [1.807, 2.05) is 0 Å². The second kappa shape index (κ2) is 13.3. The van der Waals surface area contributed by atoms with Crippen LogP contribution < -0.4 is 16.4 Å². The quantitative estimate of drug-likeness (QED) is 0.349. The Morgan fingerprint density at radius 2 is 1.69 bits per heavy atom. The number of carbonyl (C=O) groups is 4. The lowest BCUT2D eigenvalue weighted by Gasteiger charge is -2.17. The van der Waals surface area contributed by atoms with Crippen LogP contribution in [-0.4, -0.2) is 41.4 Å². The van der Waals surface area contributed by atoms with Crippen molar-refractivity contribution in [1.82, 2.24) is 10.6 Å². The zero-order chi connectivity index (χ0) is 21.6. The number of hydrogen-bond donors (Lipinski definition) is 4. The number of primary amides is 1. The summed E-state index contributed by atoms with van der Waals surface area (Å²) in [6.45, 7) is 2.40. The first-order chi connectivity index (χ1) is 13.8. The molecule has 5 N–H and O–H groups in total. The van der Waals surface area contributed by atoms with Gasteiger partial charge in [0.1, 0.15) is 6.04 Å². The van der Waals surface area contributed by atoms with Crippen molar-refractivity contribution in [1.29, 1.82) is 0 Å². The van der Waals surface area contributed by atoms with Crippen LogP contribution in [0.1, 0.15) is 67.8 Å². The number of unbranched alkanes of at least 4 members (excludes halogenated alkanes) is 4. The van der Waals surface area contributed by atoms with Crippen LogP contribution in [-0.2, 0) is 20.8 Å². The van der Waals surface area contributed by atoms with E-state index < -0.39 is 23.8 Å². The Kier molecular flexibility index (Phi) is 11.1. The molecule has 0 saturated heterocycles. The fraction of sp³-hybridized carbons (Fsp3) is 0.524. The number of amides is 3. The summed E-state index contributed by atoms with van der Waals surface area (Å²) in [6.07, 6.45) is 5.55. The molecule has 1 atom stereocenters. The van der Waals surface area contributed by atoms with E-state index in [1.54, 1.807) is 12.1 Å². The minimum absolute atomic E-state index is 0.191. The van der Waals surface area contributed by atoms with Crippen LogP contribution in [0.25, 0.3) is 0 Å². The Hall–Kier alpha value is -2.90. The first-order valence-corrected chi connectivity index (χ1v) is 10.0. The summed E-state index contributed by atoms with van der Waals surface area (Å²) in [6, 6.07) is 5.35. The van der Waals surface area contributed by atoms with Crippen LogP contribution in [0.2, 0.25) is 0 Å². The summed E-state index contributed by atoms with van der Waals surface area (Å²) in [5.41, 5.74) is 6.25. The molecule has 1 aromatic carbocycles. The Balaban J connectivity index is 2.46. The number of benzene rings is 1. The summed E-state index contributed by atoms with van der Waals surface area (Å²) in [4.78, 5) is 46.5. The molecule has 8 nitrogen and oxygen atoms in total. The molecule has 0 saturated carbocycles. The van der Waals surface area contributed by atoms with E-state index in [0.29, 0.717) is 12.8 Å². The van der Waals surface area contributed by atoms with E-state index in [4.69, 9.17) is 10.8 Å². The summed E-state index contributed by atoms with van der Waals surface area (Å²) in [5, 5.41) is 14.2. The molecule has 0 aliphatic heterocycles. The lowest BCUT2D eigenvalue weighted by molar-refractivity contribution is -0.131. The van der Waals surface area contributed by atoms with Crippen molar-refractivity contribution in [2.24, 2.45) is 5.73 Å². The molecule has 0 spiro atoms. The van der Waals surface area contributed by atoms with Crippen molar-refractivity contribution in [3.63, 3.8) is 0 Å². The Bertz CT molecular complexity index is 688. The van der Waals surface area contributed by atoms with E-state index in [0.717, 1.165) is 37.7 Å². The van der Waals surface area contributed by atoms with Crippen LogP contribution >= 0.6 is 0 Å². The molecule has 1 unspecified atom stereocenters. The molecule has 0 fully saturated rings. The predicted octanol–water partition coefficient (Wildman–Crippen LogP) is 1.76. The molecule has 160 valence electrons. The van der Waals surface area contributed by atoms with Gasteiger partial charge in [-0.2, -0.15) is 0 Å². The highest BCUT2D eigenvalue weighted by Gasteiger charge is 2.22. The van der Waals surface area contributed by atoms with Gasteiger partial charge in [0.05, 0.1) is 12.0 Å². The minimum Gasteiger partial charge on any atom is -0.478 e. The molecule has 29 heavy (non-hydrogen) atoms. The maximum atomic E-state index is 12.4. The monoisotopic (exact) mass is 405 g/mol. The van der Waals surface area contributed by atoms with Crippen molar-refractivity contribution >= 4 is 23.7 Å². The van der Waals surface area contributed by atoms with Crippen molar-refractivity contribution < 1.29 is 24.3 Å². The number of aromatic carboxylic acids is 1. The molecule has 0 radical (unpaired) electrons. The molecule has 3 amide bonds. The van der Waals surface area contributed by atoms with Gasteiger partial charge in [-0.15, -0.1) is 0 Å². The van der Waals surface area contributed by atoms with Crippen LogP contribution in [0.15, 0.2) is 24.3 Å². The van der Waals surface area contributed by atoms with Gasteiger partial charge in [-0.1, -0.05) is 44.7 Å². The van der Waals surface area contributed by atoms with Crippen LogP contribution in [0, 0.1) is 0 Å². The van der Waals surface area contributed by atoms with Gasteiger partial charge in [-0.3, -0.25) is 14.4 Å². The third kappa shape index (κ3) is 10.3. The average Bonchev–Trinajstić information content (AvgIpc) is 2.67. The number of hydrogen-bond acceptors (Lipinski definition) is 4. The van der Waals surface area contributed by atoms with Crippen LogP contribution in [0.3, 0.4) is 0 Å². The standard InChI is InChI=1S/C21H31N3O5/c1-2-3-4-5-6-7-19(26)24-17(14-18(22)25)20(27)23-13-12-15-8-10-16(11-9-15)21(28)29/h8-11,17H,2-7,12-14H2,1H3,(H2,22,25)(H,23,27)(H,24,26)(H,28,29). The number of nitrogens with one attached hydrogen (secondary N) is 2. The SMILES string of the molecule is CCCCCCCC(=O)NC(CC(N)=O)C(=O)NCCc1ccc(C(=O)O)cc1. The van der Waals surface area contributed by atoms with Gasteiger partial charge in [-0.25, -0.2) is 4.79 Å². The van der Waals surface area contributed by atoms with Crippen molar-refractivity contribution in [3.8, 4) is 0 Å². The highest BCUT2D eigenvalue weighted by Crippen LogP contribution is 2.06. The second-order valence-electron chi connectivity index (χ2n) is 7.00. The normalized spacial score (nSPS) is 11.5. The van der Waals surface area contributed by atoms with Gasteiger partial charge in [0.25, 0.3) is 0 Å². The first kappa shape index (κ1) is 24.1. The molecule has 0 aliphatic rings. The molecule has 0 heterocycles. The van der Waals surface area contributed by atoms with Gasteiger partial charge < -0.3 is 21.5 Å². The molecular weight excluding hydrogens is 374 g/mol. The molecular formula is C21H31N3O5. The van der Waals surface area contributed by atoms with Gasteiger partial charge in [0, 0.05) is 13.0 Å². The molecule has 0 aliphatic carbocycles. The summed E-state index contributed by atoms with van der Waals surface area (Å²) < 4.78 is 0. The number of carboxylic acids is 1.